The van der Waals surface area contributed by atoms with Gasteiger partial charge < -0.3 is 23.3 Å². The average Bonchev–Trinajstić information content (AvgIpc) is 3.04. The van der Waals surface area contributed by atoms with Crippen molar-refractivity contribution >= 4 is 23.2 Å². The van der Waals surface area contributed by atoms with Crippen molar-refractivity contribution in [2.45, 2.75) is 51.5 Å². The number of nitrogens with zero attached hydrogens (tertiary/aromatic N) is 2. The van der Waals surface area contributed by atoms with E-state index in [0.717, 1.165) is 37.0 Å². The lowest BCUT2D eigenvalue weighted by Gasteiger charge is -2.25. The summed E-state index contributed by atoms with van der Waals surface area (Å²) in [5.74, 6) is -6.77. The highest BCUT2D eigenvalue weighted by Gasteiger charge is 2.45. The maximum Gasteiger partial charge on any atom is 0.418 e. The van der Waals surface area contributed by atoms with Crippen LogP contribution in [-0.2, 0) is 22.6 Å². The summed E-state index contributed by atoms with van der Waals surface area (Å²) in [5, 5.41) is -1.11. The minimum Gasteiger partial charge on any atom is -0.497 e. The van der Waals surface area contributed by atoms with Gasteiger partial charge in [-0.2, -0.15) is 26.3 Å². The Morgan fingerprint density at radius 3 is 1.19 bits per heavy atom. The number of hydrogen-bond donors (Lipinski definition) is 0. The van der Waals surface area contributed by atoms with Gasteiger partial charge in [0.25, 0.3) is 11.1 Å². The van der Waals surface area contributed by atoms with E-state index in [1.54, 1.807) is 0 Å². The second-order valence-electron chi connectivity index (χ2n) is 10.7. The zero-order chi connectivity index (χ0) is 40.3. The molecule has 2 unspecified atom stereocenters. The highest BCUT2D eigenvalue weighted by molar-refractivity contribution is 6.30. The quantitative estimate of drug-likeness (QED) is 0.158. The fraction of sp³-hybridized carbons (Fsp3) is 0.333. The molecule has 0 amide bonds. The molecule has 0 spiro atoms. The number of aromatic nitrogens is 2. The lowest BCUT2D eigenvalue weighted by Crippen LogP contribution is -2.29. The van der Waals surface area contributed by atoms with Crippen LogP contribution in [0.3, 0.4) is 0 Å². The topological polar surface area (TPSA) is 71.7 Å². The van der Waals surface area contributed by atoms with Gasteiger partial charge >= 0.3 is 12.4 Å². The third-order valence-electron chi connectivity index (χ3n) is 7.55. The normalized spacial score (nSPS) is 13.0. The molecule has 290 valence electrons. The Bertz CT molecular complexity index is 2050. The van der Waals surface area contributed by atoms with Gasteiger partial charge in [0, 0.05) is 62.7 Å². The predicted octanol–water partition coefficient (Wildman–Crippen LogP) is 9.58. The van der Waals surface area contributed by atoms with Crippen LogP contribution in [0.2, 0.25) is 10.0 Å². The summed E-state index contributed by atoms with van der Waals surface area (Å²) in [6.45, 7) is 2.38. The first-order valence-corrected chi connectivity index (χ1v) is 15.6. The van der Waals surface area contributed by atoms with Crippen molar-refractivity contribution in [3.63, 3.8) is 0 Å². The molecule has 4 aromatic rings. The lowest BCUT2D eigenvalue weighted by atomic mass is 9.99. The first-order chi connectivity index (χ1) is 24.6. The van der Waals surface area contributed by atoms with Crippen molar-refractivity contribution in [1.29, 1.82) is 0 Å². The van der Waals surface area contributed by atoms with Gasteiger partial charge in [-0.05, 0) is 26.0 Å². The number of benzene rings is 2. The van der Waals surface area contributed by atoms with Gasteiger partial charge in [-0.1, -0.05) is 23.2 Å². The second kappa shape index (κ2) is 16.9. The SMILES string of the molecule is CCn1c(-c2c(F)cc(F)cc2F)c(C(OC)C(F)(F)F)cc(Cl)c1=O.CCn1c(-c2c(F)cc(OC)cc2F)c(C(OC)C(F)(F)F)cc(Cl)c1=O. The van der Waals surface area contributed by atoms with Crippen molar-refractivity contribution in [2.24, 2.45) is 0 Å². The standard InChI is InChI=1S/C17H15ClF5NO3.C16H12ClF6NO2/c1-4-24-14(13-11(19)5-8(26-2)6-12(13)20)9(7-10(18)16(24)25)15(27-3)17(21,22)23;1-3-24-13(12-10(19)4-7(18)5-11(12)20)8(6-9(17)15(24)25)14(26-2)16(21,22)23/h5-7,15H,4H2,1-3H3;4-6,14H,3H2,1-2H3. The number of pyridine rings is 2. The van der Waals surface area contributed by atoms with Crippen LogP contribution in [0.1, 0.15) is 37.2 Å². The molecule has 53 heavy (non-hydrogen) atoms. The van der Waals surface area contributed by atoms with E-state index in [-0.39, 0.29) is 18.8 Å². The Balaban J connectivity index is 0.000000286. The van der Waals surface area contributed by atoms with Gasteiger partial charge in [0.05, 0.1) is 29.6 Å². The van der Waals surface area contributed by atoms with Crippen molar-refractivity contribution in [1.82, 2.24) is 9.13 Å². The molecule has 2 aromatic carbocycles. The first kappa shape index (κ1) is 43.3. The summed E-state index contributed by atoms with van der Waals surface area (Å²) in [5.41, 5.74) is -6.40. The number of alkyl halides is 6. The van der Waals surface area contributed by atoms with Gasteiger partial charge in [-0.15, -0.1) is 0 Å². The minimum absolute atomic E-state index is 0.172. The van der Waals surface area contributed by atoms with E-state index in [0.29, 0.717) is 22.8 Å². The molecule has 0 fully saturated rings. The fourth-order valence-corrected chi connectivity index (χ4v) is 5.84. The molecular weight excluding hydrogens is 784 g/mol. The van der Waals surface area contributed by atoms with Crippen molar-refractivity contribution in [3.05, 3.63) is 107 Å². The van der Waals surface area contributed by atoms with Crippen molar-refractivity contribution < 1.29 is 62.5 Å². The smallest absolute Gasteiger partial charge is 0.418 e. The second-order valence-corrected chi connectivity index (χ2v) is 11.5. The zero-order valence-electron chi connectivity index (χ0n) is 27.9. The first-order valence-electron chi connectivity index (χ1n) is 14.8. The summed E-state index contributed by atoms with van der Waals surface area (Å²) in [7, 11) is 2.71. The fourth-order valence-electron chi connectivity index (χ4n) is 5.40. The summed E-state index contributed by atoms with van der Waals surface area (Å²) < 4.78 is 166. The van der Waals surface area contributed by atoms with Crippen LogP contribution < -0.4 is 15.9 Å². The van der Waals surface area contributed by atoms with Gasteiger partial charge in [0.2, 0.25) is 0 Å². The Morgan fingerprint density at radius 1 is 0.604 bits per heavy atom. The van der Waals surface area contributed by atoms with Crippen LogP contribution in [0.4, 0.5) is 48.3 Å². The largest absolute Gasteiger partial charge is 0.497 e. The highest BCUT2D eigenvalue weighted by Crippen LogP contribution is 2.43. The van der Waals surface area contributed by atoms with Crippen LogP contribution in [0.25, 0.3) is 22.5 Å². The molecule has 0 N–H and O–H groups in total. The van der Waals surface area contributed by atoms with E-state index >= 15 is 0 Å². The lowest BCUT2D eigenvalue weighted by molar-refractivity contribution is -0.216. The number of hydrogen-bond acceptors (Lipinski definition) is 5. The third kappa shape index (κ3) is 8.99. The van der Waals surface area contributed by atoms with Gasteiger partial charge in [0.1, 0.15) is 44.9 Å². The number of rotatable bonds is 9. The average molecular weight is 811 g/mol. The molecule has 0 aliphatic heterocycles. The molecule has 2 atom stereocenters. The molecule has 4 rings (SSSR count). The van der Waals surface area contributed by atoms with Gasteiger partial charge in [0.15, 0.2) is 12.2 Å². The van der Waals surface area contributed by atoms with Gasteiger partial charge in [-0.3, -0.25) is 9.59 Å². The Morgan fingerprint density at radius 2 is 0.925 bits per heavy atom. The van der Waals surface area contributed by atoms with E-state index in [1.807, 2.05) is 0 Å². The number of ether oxygens (including phenoxy) is 3. The Kier molecular flexibility index (Phi) is 13.8. The number of halogens is 13. The molecule has 0 saturated carbocycles. The molecule has 7 nitrogen and oxygen atoms in total. The van der Waals surface area contributed by atoms with Crippen LogP contribution in [0.5, 0.6) is 5.75 Å². The highest BCUT2D eigenvalue weighted by atomic mass is 35.5. The maximum absolute atomic E-state index is 14.6. The third-order valence-corrected chi connectivity index (χ3v) is 8.09. The monoisotopic (exact) mass is 810 g/mol. The summed E-state index contributed by atoms with van der Waals surface area (Å²) in [4.78, 5) is 24.5. The Hall–Kier alpha value is -4.13. The molecule has 2 heterocycles. The number of methoxy groups -OCH3 is 3. The van der Waals surface area contributed by atoms with E-state index in [1.165, 1.54) is 21.0 Å². The van der Waals surface area contributed by atoms with E-state index in [2.05, 4.69) is 9.47 Å². The minimum atomic E-state index is -4.96. The predicted molar refractivity (Wildman–Crippen MR) is 172 cm³/mol. The Labute approximate surface area is 303 Å². The van der Waals surface area contributed by atoms with Crippen molar-refractivity contribution in [2.75, 3.05) is 21.3 Å². The van der Waals surface area contributed by atoms with E-state index in [9.17, 15) is 57.9 Å². The van der Waals surface area contributed by atoms with Crippen LogP contribution in [0.15, 0.2) is 46.0 Å². The van der Waals surface area contributed by atoms with E-state index in [4.69, 9.17) is 27.9 Å². The molecule has 0 bridgehead atoms. The molecule has 0 radical (unpaired) electrons. The zero-order valence-corrected chi connectivity index (χ0v) is 29.4. The summed E-state index contributed by atoms with van der Waals surface area (Å²) >= 11 is 11.5. The molecule has 0 aliphatic rings. The van der Waals surface area contributed by atoms with Gasteiger partial charge in [-0.25, -0.2) is 22.0 Å². The van der Waals surface area contributed by atoms with Crippen LogP contribution in [0, 0.1) is 29.1 Å². The van der Waals surface area contributed by atoms with Crippen LogP contribution in [-0.4, -0.2) is 42.8 Å². The summed E-state index contributed by atoms with van der Waals surface area (Å²) in [6, 6.07) is 3.58. The molecule has 0 saturated heterocycles. The van der Waals surface area contributed by atoms with Crippen molar-refractivity contribution in [3.8, 4) is 28.3 Å². The molecular formula is C33H27Cl2F11N2O5. The molecule has 2 aromatic heterocycles. The van der Waals surface area contributed by atoms with Crippen LogP contribution >= 0.6 is 23.2 Å². The summed E-state index contributed by atoms with van der Waals surface area (Å²) in [6.07, 6.45) is -15.0. The molecule has 20 heteroatoms. The maximum atomic E-state index is 14.6. The molecule has 0 aliphatic carbocycles. The van der Waals surface area contributed by atoms with E-state index < -0.39 is 108 Å².